The van der Waals surface area contributed by atoms with Crippen LogP contribution in [0.3, 0.4) is 0 Å². The summed E-state index contributed by atoms with van der Waals surface area (Å²) in [6, 6.07) is 0. The van der Waals surface area contributed by atoms with Gasteiger partial charge in [-0.1, -0.05) is 13.8 Å². The maximum Gasteiger partial charge on any atom is 0.316 e. The normalized spacial score (nSPS) is 14.1. The highest BCUT2D eigenvalue weighted by Crippen LogP contribution is 2.20. The zero-order valence-electron chi connectivity index (χ0n) is 9.26. The summed E-state index contributed by atoms with van der Waals surface area (Å²) in [7, 11) is -2.92. The summed E-state index contributed by atoms with van der Waals surface area (Å²) in [5.41, 5.74) is 0. The Morgan fingerprint density at radius 3 is 2.27 bits per heavy atom. The third-order valence-corrected chi connectivity index (χ3v) is 4.47. The Bertz CT molecular complexity index is 295. The number of carbonyl (C=O) groups is 1. The lowest BCUT2D eigenvalue weighted by Crippen LogP contribution is -2.23. The van der Waals surface area contributed by atoms with E-state index >= 15 is 0 Å². The number of rotatable bonds is 7. The van der Waals surface area contributed by atoms with E-state index in [0.717, 1.165) is 0 Å². The standard InChI is InChI=1S/C9H18O4S2/c1-7(2)8(9(10)11)14-5-4-6-15(3,12)13/h7-8H,4-6H2,1-3H3,(H,10,11). The molecule has 0 bridgehead atoms. The molecule has 0 aromatic heterocycles. The van der Waals surface area contributed by atoms with Gasteiger partial charge in [0.2, 0.25) is 0 Å². The van der Waals surface area contributed by atoms with E-state index in [1.165, 1.54) is 18.0 Å². The van der Waals surface area contributed by atoms with Gasteiger partial charge in [-0.25, -0.2) is 8.42 Å². The van der Waals surface area contributed by atoms with Gasteiger partial charge in [-0.2, -0.15) is 0 Å². The van der Waals surface area contributed by atoms with Crippen molar-refractivity contribution < 1.29 is 18.3 Å². The molecule has 0 spiro atoms. The topological polar surface area (TPSA) is 71.4 Å². The minimum atomic E-state index is -2.92. The van der Waals surface area contributed by atoms with Crippen LogP contribution >= 0.6 is 11.8 Å². The number of thioether (sulfide) groups is 1. The minimum absolute atomic E-state index is 0.0609. The molecular weight excluding hydrogens is 236 g/mol. The Kier molecular flexibility index (Phi) is 6.28. The van der Waals surface area contributed by atoms with Crippen molar-refractivity contribution in [3.05, 3.63) is 0 Å². The van der Waals surface area contributed by atoms with Gasteiger partial charge in [0.25, 0.3) is 0 Å². The maximum atomic E-state index is 10.8. The largest absolute Gasteiger partial charge is 0.480 e. The zero-order valence-corrected chi connectivity index (χ0v) is 10.9. The van der Waals surface area contributed by atoms with Crippen molar-refractivity contribution in [1.82, 2.24) is 0 Å². The van der Waals surface area contributed by atoms with Crippen LogP contribution in [0.2, 0.25) is 0 Å². The molecule has 1 atom stereocenters. The molecule has 0 aromatic rings. The molecule has 0 aliphatic heterocycles. The molecule has 0 saturated heterocycles. The molecule has 0 saturated carbocycles. The zero-order chi connectivity index (χ0) is 12.1. The van der Waals surface area contributed by atoms with Crippen LogP contribution in [-0.4, -0.2) is 42.5 Å². The molecule has 0 aliphatic carbocycles. The van der Waals surface area contributed by atoms with Crippen LogP contribution in [-0.2, 0) is 14.6 Å². The average molecular weight is 254 g/mol. The SMILES string of the molecule is CC(C)C(SCCCS(C)(=O)=O)C(=O)O. The Labute approximate surface area is 95.4 Å². The summed E-state index contributed by atoms with van der Waals surface area (Å²) >= 11 is 1.31. The van der Waals surface area contributed by atoms with E-state index in [-0.39, 0.29) is 11.7 Å². The van der Waals surface area contributed by atoms with E-state index in [2.05, 4.69) is 0 Å². The molecule has 6 heteroatoms. The second-order valence-corrected chi connectivity index (χ2v) is 7.37. The molecule has 0 heterocycles. The van der Waals surface area contributed by atoms with E-state index in [0.29, 0.717) is 12.2 Å². The monoisotopic (exact) mass is 254 g/mol. The van der Waals surface area contributed by atoms with Crippen LogP contribution < -0.4 is 0 Å². The molecule has 0 rings (SSSR count). The Hall–Kier alpha value is -0.230. The summed E-state index contributed by atoms with van der Waals surface area (Å²) in [5.74, 6) is -0.0628. The van der Waals surface area contributed by atoms with Gasteiger partial charge in [-0.15, -0.1) is 11.8 Å². The van der Waals surface area contributed by atoms with Crippen molar-refractivity contribution >= 4 is 27.6 Å². The van der Waals surface area contributed by atoms with E-state index in [4.69, 9.17) is 5.11 Å². The summed E-state index contributed by atoms with van der Waals surface area (Å²) in [6.07, 6.45) is 1.70. The molecule has 0 fully saturated rings. The van der Waals surface area contributed by atoms with Gasteiger partial charge >= 0.3 is 5.97 Å². The minimum Gasteiger partial charge on any atom is -0.480 e. The number of sulfone groups is 1. The smallest absolute Gasteiger partial charge is 0.316 e. The van der Waals surface area contributed by atoms with Crippen molar-refractivity contribution in [1.29, 1.82) is 0 Å². The fourth-order valence-corrected chi connectivity index (χ4v) is 3.02. The number of hydrogen-bond donors (Lipinski definition) is 1. The number of aliphatic carboxylic acids is 1. The van der Waals surface area contributed by atoms with Gasteiger partial charge in [0, 0.05) is 6.26 Å². The van der Waals surface area contributed by atoms with Gasteiger partial charge < -0.3 is 5.11 Å². The number of carboxylic acid groups (broad SMARTS) is 1. The third-order valence-electron chi connectivity index (χ3n) is 1.81. The molecule has 90 valence electrons. The van der Waals surface area contributed by atoms with E-state index < -0.39 is 21.1 Å². The summed E-state index contributed by atoms with van der Waals surface area (Å²) in [4.78, 5) is 10.8. The summed E-state index contributed by atoms with van der Waals surface area (Å²) in [5, 5.41) is 8.42. The molecule has 1 unspecified atom stereocenters. The highest BCUT2D eigenvalue weighted by atomic mass is 32.2. The van der Waals surface area contributed by atoms with Gasteiger partial charge in [0.15, 0.2) is 0 Å². The first kappa shape index (κ1) is 14.8. The fourth-order valence-electron chi connectivity index (χ4n) is 1.08. The Balaban J connectivity index is 3.88. The molecule has 0 radical (unpaired) electrons. The second kappa shape index (κ2) is 6.37. The van der Waals surface area contributed by atoms with Crippen LogP contribution in [0.25, 0.3) is 0 Å². The number of carboxylic acids is 1. The molecule has 1 N–H and O–H groups in total. The van der Waals surface area contributed by atoms with Crippen LogP contribution in [0, 0.1) is 5.92 Å². The predicted octanol–water partition coefficient (Wildman–Crippen LogP) is 1.26. The third kappa shape index (κ3) is 7.67. The summed E-state index contributed by atoms with van der Waals surface area (Å²) in [6.45, 7) is 3.70. The van der Waals surface area contributed by atoms with Gasteiger partial charge in [0.05, 0.1) is 5.75 Å². The van der Waals surface area contributed by atoms with E-state index in [9.17, 15) is 13.2 Å². The van der Waals surface area contributed by atoms with Crippen molar-refractivity contribution in [2.75, 3.05) is 17.8 Å². The first-order valence-electron chi connectivity index (χ1n) is 4.76. The predicted molar refractivity (Wildman–Crippen MR) is 63.0 cm³/mol. The van der Waals surface area contributed by atoms with E-state index in [1.807, 2.05) is 13.8 Å². The fraction of sp³-hybridized carbons (Fsp3) is 0.889. The van der Waals surface area contributed by atoms with Crippen molar-refractivity contribution in [2.45, 2.75) is 25.5 Å². The van der Waals surface area contributed by atoms with Crippen molar-refractivity contribution in [2.24, 2.45) is 5.92 Å². The second-order valence-electron chi connectivity index (χ2n) is 3.86. The lowest BCUT2D eigenvalue weighted by Gasteiger charge is -2.15. The van der Waals surface area contributed by atoms with Crippen LogP contribution in [0.15, 0.2) is 0 Å². The van der Waals surface area contributed by atoms with Crippen molar-refractivity contribution in [3.63, 3.8) is 0 Å². The van der Waals surface area contributed by atoms with E-state index in [1.54, 1.807) is 0 Å². The van der Waals surface area contributed by atoms with Gasteiger partial charge in [0.1, 0.15) is 15.1 Å². The van der Waals surface area contributed by atoms with Crippen LogP contribution in [0.4, 0.5) is 0 Å². The highest BCUT2D eigenvalue weighted by Gasteiger charge is 2.21. The Morgan fingerprint density at radius 2 is 1.93 bits per heavy atom. The average Bonchev–Trinajstić information content (AvgIpc) is 2.00. The first-order valence-corrected chi connectivity index (χ1v) is 7.87. The molecule has 0 aliphatic rings. The quantitative estimate of drug-likeness (QED) is 0.693. The first-order chi connectivity index (χ1) is 6.74. The molecule has 4 nitrogen and oxygen atoms in total. The molecule has 15 heavy (non-hydrogen) atoms. The van der Waals surface area contributed by atoms with Crippen LogP contribution in [0.1, 0.15) is 20.3 Å². The summed E-state index contributed by atoms with van der Waals surface area (Å²) < 4.78 is 21.6. The molecule has 0 aromatic carbocycles. The van der Waals surface area contributed by atoms with Gasteiger partial charge in [-0.3, -0.25) is 4.79 Å². The number of hydrogen-bond acceptors (Lipinski definition) is 4. The highest BCUT2D eigenvalue weighted by molar-refractivity contribution is 8.00. The van der Waals surface area contributed by atoms with Crippen LogP contribution in [0.5, 0.6) is 0 Å². The molecule has 0 amide bonds. The maximum absolute atomic E-state index is 10.8. The molecular formula is C9H18O4S2. The Morgan fingerprint density at radius 1 is 1.40 bits per heavy atom. The van der Waals surface area contributed by atoms with Gasteiger partial charge in [-0.05, 0) is 18.1 Å². The lowest BCUT2D eigenvalue weighted by atomic mass is 10.1. The van der Waals surface area contributed by atoms with Crippen molar-refractivity contribution in [3.8, 4) is 0 Å². The lowest BCUT2D eigenvalue weighted by molar-refractivity contribution is -0.137.